The Morgan fingerprint density at radius 2 is 1.59 bits per heavy atom. The Labute approximate surface area is 103 Å². The third kappa shape index (κ3) is 2.19. The zero-order valence-electron chi connectivity index (χ0n) is 11.5. The van der Waals surface area contributed by atoms with E-state index < -0.39 is 0 Å². The first-order valence-electron chi connectivity index (χ1n) is 6.06. The molecule has 0 atom stereocenters. The van der Waals surface area contributed by atoms with Crippen LogP contribution in [0.4, 0.5) is 0 Å². The van der Waals surface area contributed by atoms with Crippen LogP contribution in [0.5, 0.6) is 0 Å². The summed E-state index contributed by atoms with van der Waals surface area (Å²) in [6.07, 6.45) is 0. The smallest absolute Gasteiger partial charge is 0.112 e. The second-order valence-electron chi connectivity index (χ2n) is 6.66. The summed E-state index contributed by atoms with van der Waals surface area (Å²) in [4.78, 5) is 4.78. The molecule has 0 bridgehead atoms. The Kier molecular flexibility index (Phi) is 2.53. The number of fused-ring (bicyclic) bond motifs is 1. The van der Waals surface area contributed by atoms with E-state index in [1.807, 2.05) is 0 Å². The van der Waals surface area contributed by atoms with Crippen molar-refractivity contribution in [3.05, 3.63) is 23.5 Å². The SMILES string of the molecule is CC(C)(C)c1ccc2n[nH]c(C(C)(C)C)c2n1. The number of H-pyrrole nitrogens is 1. The van der Waals surface area contributed by atoms with Gasteiger partial charge in [0.05, 0.1) is 5.69 Å². The molecule has 3 heteroatoms. The Balaban J connectivity index is 2.67. The topological polar surface area (TPSA) is 41.6 Å². The molecule has 2 heterocycles. The molecule has 0 unspecified atom stereocenters. The van der Waals surface area contributed by atoms with Gasteiger partial charge in [-0.15, -0.1) is 0 Å². The number of hydrogen-bond donors (Lipinski definition) is 1. The minimum Gasteiger partial charge on any atom is -0.279 e. The van der Waals surface area contributed by atoms with Gasteiger partial charge in [0.2, 0.25) is 0 Å². The van der Waals surface area contributed by atoms with Gasteiger partial charge >= 0.3 is 0 Å². The minimum absolute atomic E-state index is 0.0399. The number of pyridine rings is 1. The number of rotatable bonds is 0. The van der Waals surface area contributed by atoms with E-state index in [1.165, 1.54) is 0 Å². The molecular formula is C14H21N3. The van der Waals surface area contributed by atoms with Gasteiger partial charge in [-0.25, -0.2) is 4.98 Å². The zero-order chi connectivity index (χ0) is 12.8. The molecule has 0 fully saturated rings. The predicted octanol–water partition coefficient (Wildman–Crippen LogP) is 3.55. The van der Waals surface area contributed by atoms with Crippen molar-refractivity contribution in [3.63, 3.8) is 0 Å². The van der Waals surface area contributed by atoms with Crippen molar-refractivity contribution in [1.82, 2.24) is 15.2 Å². The molecule has 1 N–H and O–H groups in total. The highest BCUT2D eigenvalue weighted by molar-refractivity contribution is 5.78. The molecular weight excluding hydrogens is 210 g/mol. The van der Waals surface area contributed by atoms with Gasteiger partial charge in [-0.1, -0.05) is 41.5 Å². The predicted molar refractivity (Wildman–Crippen MR) is 71.3 cm³/mol. The van der Waals surface area contributed by atoms with Crippen LogP contribution in [0.2, 0.25) is 0 Å². The number of hydrogen-bond acceptors (Lipinski definition) is 2. The molecule has 0 saturated heterocycles. The second-order valence-corrected chi connectivity index (χ2v) is 6.66. The molecule has 0 aliphatic heterocycles. The maximum Gasteiger partial charge on any atom is 0.112 e. The summed E-state index contributed by atoms with van der Waals surface area (Å²) in [5.74, 6) is 0. The lowest BCUT2D eigenvalue weighted by atomic mass is 9.89. The van der Waals surface area contributed by atoms with Gasteiger partial charge in [0.25, 0.3) is 0 Å². The van der Waals surface area contributed by atoms with Gasteiger partial charge in [0.15, 0.2) is 0 Å². The highest BCUT2D eigenvalue weighted by Gasteiger charge is 2.23. The van der Waals surface area contributed by atoms with Gasteiger partial charge < -0.3 is 0 Å². The number of aromatic nitrogens is 3. The number of nitrogens with zero attached hydrogens (tertiary/aromatic N) is 2. The van der Waals surface area contributed by atoms with E-state index >= 15 is 0 Å². The number of nitrogens with one attached hydrogen (secondary N) is 1. The minimum atomic E-state index is 0.0399. The second kappa shape index (κ2) is 3.56. The Morgan fingerprint density at radius 1 is 0.941 bits per heavy atom. The maximum absolute atomic E-state index is 4.78. The van der Waals surface area contributed by atoms with Crippen LogP contribution in [0, 0.1) is 0 Å². The molecule has 17 heavy (non-hydrogen) atoms. The van der Waals surface area contributed by atoms with Crippen molar-refractivity contribution in [1.29, 1.82) is 0 Å². The van der Waals surface area contributed by atoms with Crippen molar-refractivity contribution in [2.24, 2.45) is 0 Å². The molecule has 0 spiro atoms. The van der Waals surface area contributed by atoms with E-state index in [1.54, 1.807) is 0 Å². The first kappa shape index (κ1) is 12.1. The lowest BCUT2D eigenvalue weighted by molar-refractivity contribution is 0.562. The van der Waals surface area contributed by atoms with Crippen molar-refractivity contribution >= 4 is 11.0 Å². The van der Waals surface area contributed by atoms with Crippen molar-refractivity contribution < 1.29 is 0 Å². The molecule has 3 nitrogen and oxygen atoms in total. The fourth-order valence-corrected chi connectivity index (χ4v) is 1.84. The molecule has 0 amide bonds. The van der Waals surface area contributed by atoms with Crippen molar-refractivity contribution in [2.75, 3.05) is 0 Å². The fourth-order valence-electron chi connectivity index (χ4n) is 1.84. The van der Waals surface area contributed by atoms with Gasteiger partial charge in [-0.3, -0.25) is 5.10 Å². The summed E-state index contributed by atoms with van der Waals surface area (Å²) < 4.78 is 0. The summed E-state index contributed by atoms with van der Waals surface area (Å²) >= 11 is 0. The molecule has 0 saturated carbocycles. The molecule has 0 radical (unpaired) electrons. The van der Waals surface area contributed by atoms with Crippen LogP contribution in [-0.2, 0) is 10.8 Å². The Morgan fingerprint density at radius 3 is 2.12 bits per heavy atom. The van der Waals surface area contributed by atoms with Crippen LogP contribution in [0.15, 0.2) is 12.1 Å². The van der Waals surface area contributed by atoms with E-state index in [-0.39, 0.29) is 10.8 Å². The summed E-state index contributed by atoms with van der Waals surface area (Å²) in [5, 5.41) is 7.44. The van der Waals surface area contributed by atoms with Gasteiger partial charge in [0, 0.05) is 16.5 Å². The van der Waals surface area contributed by atoms with Gasteiger partial charge in [0.1, 0.15) is 11.0 Å². The van der Waals surface area contributed by atoms with Gasteiger partial charge in [-0.05, 0) is 12.1 Å². The highest BCUT2D eigenvalue weighted by atomic mass is 15.1. The summed E-state index contributed by atoms with van der Waals surface area (Å²) in [7, 11) is 0. The van der Waals surface area contributed by atoms with Crippen LogP contribution >= 0.6 is 0 Å². The van der Waals surface area contributed by atoms with Gasteiger partial charge in [-0.2, -0.15) is 5.10 Å². The van der Waals surface area contributed by atoms with E-state index in [4.69, 9.17) is 4.98 Å². The number of aromatic amines is 1. The van der Waals surface area contributed by atoms with Crippen LogP contribution in [0.3, 0.4) is 0 Å². The highest BCUT2D eigenvalue weighted by Crippen LogP contribution is 2.29. The summed E-state index contributed by atoms with van der Waals surface area (Å²) in [6, 6.07) is 4.12. The average Bonchev–Trinajstić information content (AvgIpc) is 2.57. The molecule has 2 aromatic heterocycles. The van der Waals surface area contributed by atoms with E-state index in [0.29, 0.717) is 0 Å². The van der Waals surface area contributed by atoms with Crippen molar-refractivity contribution in [2.45, 2.75) is 52.4 Å². The van der Waals surface area contributed by atoms with Crippen molar-refractivity contribution in [3.8, 4) is 0 Å². The average molecular weight is 231 g/mol. The van der Waals surface area contributed by atoms with Crippen LogP contribution < -0.4 is 0 Å². The Hall–Kier alpha value is -1.38. The lowest BCUT2D eigenvalue weighted by Crippen LogP contribution is -2.15. The quantitative estimate of drug-likeness (QED) is 0.753. The zero-order valence-corrected chi connectivity index (χ0v) is 11.5. The van der Waals surface area contributed by atoms with E-state index in [2.05, 4.69) is 63.9 Å². The first-order chi connectivity index (χ1) is 7.69. The van der Waals surface area contributed by atoms with Crippen LogP contribution in [0.1, 0.15) is 52.9 Å². The summed E-state index contributed by atoms with van der Waals surface area (Å²) in [6.45, 7) is 13.1. The van der Waals surface area contributed by atoms with E-state index in [9.17, 15) is 0 Å². The summed E-state index contributed by atoms with van der Waals surface area (Å²) in [5.41, 5.74) is 4.28. The molecule has 2 rings (SSSR count). The third-order valence-corrected chi connectivity index (χ3v) is 2.92. The standard InChI is InChI=1S/C14H21N3/c1-13(2,3)10-8-7-9-11(15-10)12(17-16-9)14(4,5)6/h7-8H,1-6H3,(H,16,17). The fraction of sp³-hybridized carbons (Fsp3) is 0.571. The van der Waals surface area contributed by atoms with E-state index in [0.717, 1.165) is 22.4 Å². The molecule has 0 aliphatic carbocycles. The molecule has 0 aliphatic rings. The molecule has 92 valence electrons. The third-order valence-electron chi connectivity index (χ3n) is 2.92. The Bertz CT molecular complexity index is 539. The normalized spacial score (nSPS) is 13.3. The lowest BCUT2D eigenvalue weighted by Gasteiger charge is -2.19. The van der Waals surface area contributed by atoms with Crippen LogP contribution in [0.25, 0.3) is 11.0 Å². The molecule has 0 aromatic carbocycles. The first-order valence-corrected chi connectivity index (χ1v) is 6.06. The van der Waals surface area contributed by atoms with Crippen LogP contribution in [-0.4, -0.2) is 15.2 Å². The monoisotopic (exact) mass is 231 g/mol. The maximum atomic E-state index is 4.78. The largest absolute Gasteiger partial charge is 0.279 e. The molecule has 2 aromatic rings.